The molecular formula is C29H39NO6. The Balaban J connectivity index is 1.70. The number of hydrogen-bond acceptors (Lipinski definition) is 7. The quantitative estimate of drug-likeness (QED) is 0.373. The highest BCUT2D eigenvalue weighted by Gasteiger charge is 2.58. The molecule has 3 aliphatic rings. The van der Waals surface area contributed by atoms with Crippen molar-refractivity contribution < 1.29 is 29.3 Å². The van der Waals surface area contributed by atoms with Crippen LogP contribution in [0.25, 0.3) is 0 Å². The lowest BCUT2D eigenvalue weighted by Crippen LogP contribution is -2.58. The molecule has 7 heteroatoms. The first-order valence-electron chi connectivity index (χ1n) is 12.9. The van der Waals surface area contributed by atoms with Crippen LogP contribution in [-0.4, -0.2) is 54.6 Å². The number of benzene rings is 1. The van der Waals surface area contributed by atoms with Gasteiger partial charge in [-0.05, 0) is 61.0 Å². The van der Waals surface area contributed by atoms with E-state index in [0.29, 0.717) is 18.4 Å². The lowest BCUT2D eigenvalue weighted by molar-refractivity contribution is -0.153. The lowest BCUT2D eigenvalue weighted by Gasteiger charge is -2.60. The van der Waals surface area contributed by atoms with Gasteiger partial charge in [0.25, 0.3) is 0 Å². The minimum absolute atomic E-state index is 0.0236. The van der Waals surface area contributed by atoms with Gasteiger partial charge in [-0.3, -0.25) is 5.32 Å². The van der Waals surface area contributed by atoms with E-state index < -0.39 is 29.6 Å². The van der Waals surface area contributed by atoms with Crippen LogP contribution in [0.1, 0.15) is 57.6 Å². The third kappa shape index (κ3) is 4.64. The third-order valence-corrected chi connectivity index (χ3v) is 9.23. The van der Waals surface area contributed by atoms with Crippen LogP contribution in [0.2, 0.25) is 0 Å². The van der Waals surface area contributed by atoms with Gasteiger partial charge in [-0.2, -0.15) is 0 Å². The van der Waals surface area contributed by atoms with Gasteiger partial charge in [0.1, 0.15) is 12.6 Å². The molecule has 3 N–H and O–H groups in total. The van der Waals surface area contributed by atoms with Crippen LogP contribution in [0, 0.1) is 22.7 Å². The van der Waals surface area contributed by atoms with Crippen LogP contribution in [-0.2, 0) is 19.1 Å². The Morgan fingerprint density at radius 2 is 2.00 bits per heavy atom. The molecule has 1 heterocycles. The number of cyclic esters (lactones) is 1. The monoisotopic (exact) mass is 497 g/mol. The average molecular weight is 498 g/mol. The van der Waals surface area contributed by atoms with E-state index >= 15 is 0 Å². The summed E-state index contributed by atoms with van der Waals surface area (Å²) in [5.74, 6) is -0.689. The molecule has 1 aliphatic heterocycles. The minimum atomic E-state index is -0.758. The van der Waals surface area contributed by atoms with Gasteiger partial charge in [-0.15, -0.1) is 0 Å². The largest absolute Gasteiger partial charge is 0.468 e. The number of carbonyl (C=O) groups excluding carboxylic acids is 2. The minimum Gasteiger partial charge on any atom is -0.468 e. The van der Waals surface area contributed by atoms with Crippen molar-refractivity contribution in [2.75, 3.05) is 20.3 Å². The second-order valence-corrected chi connectivity index (χ2v) is 11.1. The number of aliphatic hydroxyl groups is 2. The van der Waals surface area contributed by atoms with Crippen molar-refractivity contribution in [2.24, 2.45) is 22.7 Å². The van der Waals surface area contributed by atoms with Crippen molar-refractivity contribution in [3.8, 4) is 0 Å². The number of carbonyl (C=O) groups is 2. The Bertz CT molecular complexity index is 1020. The van der Waals surface area contributed by atoms with Gasteiger partial charge in [0.15, 0.2) is 0 Å². The molecule has 7 nitrogen and oxygen atoms in total. The van der Waals surface area contributed by atoms with Crippen LogP contribution >= 0.6 is 0 Å². The summed E-state index contributed by atoms with van der Waals surface area (Å²) >= 11 is 0. The zero-order valence-corrected chi connectivity index (χ0v) is 21.5. The first-order chi connectivity index (χ1) is 17.2. The predicted octanol–water partition coefficient (Wildman–Crippen LogP) is 3.47. The van der Waals surface area contributed by atoms with Crippen LogP contribution in [0.4, 0.5) is 0 Å². The van der Waals surface area contributed by atoms with Gasteiger partial charge in [0, 0.05) is 11.5 Å². The SMILES string of the molecule is C=C1CCC2C(C)(CO)C(O)CCC2(C)C1CC(NC(C(=O)OC)c1ccccc1)C1=CCOC1=O. The smallest absolute Gasteiger partial charge is 0.335 e. The molecule has 2 fully saturated rings. The molecule has 7 atom stereocenters. The highest BCUT2D eigenvalue weighted by atomic mass is 16.5. The first kappa shape index (κ1) is 26.6. The standard InChI is InChI=1S/C29H39NO6/c1-18-10-11-23-28(2,14-12-24(32)29(23,3)17-31)21(18)16-22(20-13-15-36-26(20)33)30-25(27(34)35-4)19-8-6-5-7-9-19/h5-9,13,21-25,30-32H,1,10-12,14-17H2,2-4H3. The number of methoxy groups -OCH3 is 1. The molecule has 196 valence electrons. The van der Waals surface area contributed by atoms with Crippen molar-refractivity contribution in [1.82, 2.24) is 5.32 Å². The maximum absolute atomic E-state index is 12.9. The number of ether oxygens (including phenoxy) is 2. The number of esters is 2. The highest BCUT2D eigenvalue weighted by Crippen LogP contribution is 2.62. The maximum atomic E-state index is 12.9. The summed E-state index contributed by atoms with van der Waals surface area (Å²) in [6, 6.07) is 8.11. The van der Waals surface area contributed by atoms with Crippen LogP contribution in [0.15, 0.2) is 54.1 Å². The van der Waals surface area contributed by atoms with Crippen LogP contribution < -0.4 is 5.32 Å². The topological polar surface area (TPSA) is 105 Å². The average Bonchev–Trinajstić information content (AvgIpc) is 3.31. The number of rotatable bonds is 8. The fourth-order valence-corrected chi connectivity index (χ4v) is 7.08. The van der Waals surface area contributed by atoms with Crippen molar-refractivity contribution >= 4 is 11.9 Å². The molecular weight excluding hydrogens is 458 g/mol. The van der Waals surface area contributed by atoms with Crippen molar-refractivity contribution in [3.63, 3.8) is 0 Å². The van der Waals surface area contributed by atoms with Gasteiger partial charge in [-0.1, -0.05) is 56.3 Å². The summed E-state index contributed by atoms with van der Waals surface area (Å²) in [5.41, 5.74) is 1.56. The zero-order chi connectivity index (χ0) is 26.1. The lowest BCUT2D eigenvalue weighted by atomic mass is 9.46. The molecule has 1 aromatic rings. The summed E-state index contributed by atoms with van der Waals surface area (Å²) in [5, 5.41) is 24.6. The van der Waals surface area contributed by atoms with E-state index in [-0.39, 0.29) is 36.4 Å². The van der Waals surface area contributed by atoms with Gasteiger partial charge >= 0.3 is 11.9 Å². The van der Waals surface area contributed by atoms with Crippen molar-refractivity contribution in [3.05, 3.63) is 59.7 Å². The number of hydrogen-bond donors (Lipinski definition) is 3. The molecule has 2 saturated carbocycles. The van der Waals surface area contributed by atoms with Gasteiger partial charge < -0.3 is 19.7 Å². The summed E-state index contributed by atoms with van der Waals surface area (Å²) in [6.45, 7) is 8.78. The van der Waals surface area contributed by atoms with Crippen LogP contribution in [0.5, 0.6) is 0 Å². The molecule has 7 unspecified atom stereocenters. The first-order valence-corrected chi connectivity index (χ1v) is 12.9. The molecule has 0 saturated heterocycles. The number of fused-ring (bicyclic) bond motifs is 1. The van der Waals surface area contributed by atoms with Crippen LogP contribution in [0.3, 0.4) is 0 Å². The molecule has 36 heavy (non-hydrogen) atoms. The van der Waals surface area contributed by atoms with Crippen molar-refractivity contribution in [1.29, 1.82) is 0 Å². The third-order valence-electron chi connectivity index (χ3n) is 9.23. The van der Waals surface area contributed by atoms with E-state index in [1.807, 2.05) is 37.3 Å². The number of nitrogens with one attached hydrogen (secondary N) is 1. The van der Waals surface area contributed by atoms with E-state index in [4.69, 9.17) is 9.47 Å². The summed E-state index contributed by atoms with van der Waals surface area (Å²) in [4.78, 5) is 25.6. The normalized spacial score (nSPS) is 33.8. The molecule has 2 aliphatic carbocycles. The Labute approximate surface area is 213 Å². The Morgan fingerprint density at radius 3 is 2.61 bits per heavy atom. The number of allylic oxidation sites excluding steroid dienone is 1. The van der Waals surface area contributed by atoms with E-state index in [2.05, 4.69) is 18.8 Å². The Hall–Kier alpha value is -2.48. The van der Waals surface area contributed by atoms with Gasteiger partial charge in [0.05, 0.1) is 25.4 Å². The second kappa shape index (κ2) is 10.5. The molecule has 0 bridgehead atoms. The van der Waals surface area contributed by atoms with Gasteiger partial charge in [-0.25, -0.2) is 9.59 Å². The van der Waals surface area contributed by atoms with Gasteiger partial charge in [0.2, 0.25) is 0 Å². The van der Waals surface area contributed by atoms with E-state index in [1.165, 1.54) is 7.11 Å². The highest BCUT2D eigenvalue weighted by molar-refractivity contribution is 5.92. The summed E-state index contributed by atoms with van der Waals surface area (Å²) in [6.07, 6.45) is 4.83. The summed E-state index contributed by atoms with van der Waals surface area (Å²) < 4.78 is 10.4. The van der Waals surface area contributed by atoms with E-state index in [9.17, 15) is 19.8 Å². The molecule has 0 spiro atoms. The van der Waals surface area contributed by atoms with E-state index in [1.54, 1.807) is 6.08 Å². The predicted molar refractivity (Wildman–Crippen MR) is 136 cm³/mol. The Morgan fingerprint density at radius 1 is 1.28 bits per heavy atom. The molecule has 1 aromatic carbocycles. The maximum Gasteiger partial charge on any atom is 0.335 e. The zero-order valence-electron chi connectivity index (χ0n) is 21.5. The molecule has 0 aromatic heterocycles. The Kier molecular flexibility index (Phi) is 7.74. The fraction of sp³-hybridized carbons (Fsp3) is 0.586. The summed E-state index contributed by atoms with van der Waals surface area (Å²) in [7, 11) is 1.36. The fourth-order valence-electron chi connectivity index (χ4n) is 7.08. The van der Waals surface area contributed by atoms with Crippen molar-refractivity contribution in [2.45, 2.75) is 64.1 Å². The molecule has 0 amide bonds. The molecule has 4 rings (SSSR count). The van der Waals surface area contributed by atoms with E-state index in [0.717, 1.165) is 30.4 Å². The molecule has 0 radical (unpaired) electrons. The number of aliphatic hydroxyl groups excluding tert-OH is 2. The second-order valence-electron chi connectivity index (χ2n) is 11.1.